The highest BCUT2D eigenvalue weighted by Crippen LogP contribution is 2.59. The molecule has 0 bridgehead atoms. The van der Waals surface area contributed by atoms with E-state index in [4.69, 9.17) is 19.9 Å². The summed E-state index contributed by atoms with van der Waals surface area (Å²) in [5.41, 5.74) is 5.55. The summed E-state index contributed by atoms with van der Waals surface area (Å²) in [7, 11) is 0. The number of aromatic nitrogens is 2. The smallest absolute Gasteiger partial charge is 0.318 e. The Kier molecular flexibility index (Phi) is 2.65. The molecule has 0 saturated carbocycles. The average Bonchev–Trinajstić information content (AvgIpc) is 2.87. The summed E-state index contributed by atoms with van der Waals surface area (Å²) in [6, 6.07) is 1.92. The van der Waals surface area contributed by atoms with Gasteiger partial charge in [-0.3, -0.25) is 0 Å². The number of nitrogens with two attached hydrogens (primary N) is 1. The molecule has 18 heavy (non-hydrogen) atoms. The summed E-state index contributed by atoms with van der Waals surface area (Å²) in [5, 5.41) is 0.254. The maximum absolute atomic E-state index is 5.87. The zero-order chi connectivity index (χ0) is 12.8. The van der Waals surface area contributed by atoms with Gasteiger partial charge in [-0.15, -0.1) is 11.8 Å². The lowest BCUT2D eigenvalue weighted by molar-refractivity contribution is -0.139. The van der Waals surface area contributed by atoms with Crippen molar-refractivity contribution in [2.24, 2.45) is 0 Å². The van der Waals surface area contributed by atoms with Gasteiger partial charge in [-0.25, -0.2) is 4.98 Å². The van der Waals surface area contributed by atoms with Crippen molar-refractivity contribution in [3.63, 3.8) is 0 Å². The van der Waals surface area contributed by atoms with Crippen LogP contribution in [0.5, 0.6) is 6.01 Å². The molecule has 3 heterocycles. The third-order valence-corrected chi connectivity index (χ3v) is 4.27. The zero-order valence-electron chi connectivity index (χ0n) is 10.3. The molecule has 1 aromatic rings. The van der Waals surface area contributed by atoms with Gasteiger partial charge in [0.25, 0.3) is 0 Å². The third kappa shape index (κ3) is 2.25. The summed E-state index contributed by atoms with van der Waals surface area (Å²) in [6.45, 7) is 4.92. The van der Waals surface area contributed by atoms with Crippen LogP contribution >= 0.6 is 11.8 Å². The molecular weight excluding hydrogens is 254 g/mol. The first-order chi connectivity index (χ1) is 8.49. The van der Waals surface area contributed by atoms with Gasteiger partial charge in [0, 0.05) is 6.20 Å². The Morgan fingerprint density at radius 2 is 2.44 bits per heavy atom. The van der Waals surface area contributed by atoms with E-state index in [0.29, 0.717) is 25.0 Å². The number of hydrogen-bond acceptors (Lipinski definition) is 7. The minimum Gasteiger partial charge on any atom is -0.462 e. The highest BCUT2D eigenvalue weighted by Gasteiger charge is 2.64. The molecule has 1 aromatic heterocycles. The van der Waals surface area contributed by atoms with E-state index in [1.807, 2.05) is 13.8 Å². The first-order valence-electron chi connectivity index (χ1n) is 5.72. The van der Waals surface area contributed by atoms with Crippen LogP contribution in [-0.4, -0.2) is 39.2 Å². The van der Waals surface area contributed by atoms with Gasteiger partial charge in [-0.2, -0.15) is 4.98 Å². The fraction of sp³-hybridized carbons (Fsp3) is 0.636. The Morgan fingerprint density at radius 1 is 1.61 bits per heavy atom. The van der Waals surface area contributed by atoms with E-state index >= 15 is 0 Å². The maximum Gasteiger partial charge on any atom is 0.318 e. The van der Waals surface area contributed by atoms with E-state index in [0.717, 1.165) is 0 Å². The van der Waals surface area contributed by atoms with Crippen LogP contribution in [0.3, 0.4) is 0 Å². The molecule has 1 spiro atoms. The van der Waals surface area contributed by atoms with Crippen LogP contribution in [0, 0.1) is 0 Å². The van der Waals surface area contributed by atoms with Gasteiger partial charge >= 0.3 is 6.01 Å². The summed E-state index contributed by atoms with van der Waals surface area (Å²) in [5.74, 6) is -0.102. The number of nitrogen functional groups attached to an aromatic ring is 1. The van der Waals surface area contributed by atoms with E-state index in [-0.39, 0.29) is 10.2 Å². The van der Waals surface area contributed by atoms with Crippen LogP contribution in [0.2, 0.25) is 0 Å². The van der Waals surface area contributed by atoms with Gasteiger partial charge in [-0.1, -0.05) is 0 Å². The molecule has 0 radical (unpaired) electrons. The van der Waals surface area contributed by atoms with Crippen molar-refractivity contribution in [2.45, 2.75) is 29.8 Å². The minimum absolute atomic E-state index is 0.246. The number of rotatable bonds is 3. The van der Waals surface area contributed by atoms with Crippen molar-refractivity contribution in [2.75, 3.05) is 18.9 Å². The van der Waals surface area contributed by atoms with Crippen molar-refractivity contribution < 1.29 is 14.2 Å². The molecule has 0 aromatic carbocycles. The first kappa shape index (κ1) is 12.0. The number of thioether (sulfide) groups is 1. The fourth-order valence-electron chi connectivity index (χ4n) is 1.91. The van der Waals surface area contributed by atoms with Crippen molar-refractivity contribution in [3.8, 4) is 6.01 Å². The van der Waals surface area contributed by atoms with Gasteiger partial charge in [0.15, 0.2) is 10.7 Å². The number of hydrogen-bond donors (Lipinski definition) is 1. The monoisotopic (exact) mass is 269 g/mol. The third-order valence-electron chi connectivity index (χ3n) is 2.83. The Bertz CT molecular complexity index is 471. The highest BCUT2D eigenvalue weighted by atomic mass is 32.2. The molecule has 2 atom stereocenters. The molecule has 2 aliphatic heterocycles. The number of ether oxygens (including phenoxy) is 3. The summed E-state index contributed by atoms with van der Waals surface area (Å²) >= 11 is 1.71. The van der Waals surface area contributed by atoms with E-state index < -0.39 is 5.79 Å². The quantitative estimate of drug-likeness (QED) is 0.821. The molecule has 2 aliphatic rings. The minimum atomic E-state index is -0.505. The standard InChI is InChI=1S/C11H15N3O3S/c1-10(2)16-6-11(17-10)7(18-11)5-15-9-13-4-3-8(12)14-9/h3-4,7H,5-6H2,1-2H3,(H2,12,13,14)/t7?,11-/m1/s1. The van der Waals surface area contributed by atoms with Crippen molar-refractivity contribution in [1.82, 2.24) is 9.97 Å². The second kappa shape index (κ2) is 3.97. The Morgan fingerprint density at radius 3 is 3.11 bits per heavy atom. The highest BCUT2D eigenvalue weighted by molar-refractivity contribution is 8.08. The molecule has 7 heteroatoms. The van der Waals surface area contributed by atoms with Crippen LogP contribution < -0.4 is 10.5 Å². The van der Waals surface area contributed by atoms with Gasteiger partial charge in [0.05, 0.1) is 11.9 Å². The molecule has 2 fully saturated rings. The maximum atomic E-state index is 5.87. The zero-order valence-corrected chi connectivity index (χ0v) is 11.1. The summed E-state index contributed by atoms with van der Waals surface area (Å²) < 4.78 is 16.9. The van der Waals surface area contributed by atoms with Crippen molar-refractivity contribution in [3.05, 3.63) is 12.3 Å². The van der Waals surface area contributed by atoms with Crippen LogP contribution in [0.1, 0.15) is 13.8 Å². The van der Waals surface area contributed by atoms with Gasteiger partial charge in [-0.05, 0) is 19.9 Å². The Balaban J connectivity index is 1.55. The van der Waals surface area contributed by atoms with E-state index in [9.17, 15) is 0 Å². The lowest BCUT2D eigenvalue weighted by atomic mass is 10.3. The molecular formula is C11H15N3O3S. The summed E-state index contributed by atoms with van der Waals surface area (Å²) in [4.78, 5) is 7.72. The SMILES string of the molecule is CC1(C)OC[C@@]2(O1)SC2COc1nccc(N)n1. The van der Waals surface area contributed by atoms with Crippen LogP contribution in [0.25, 0.3) is 0 Å². The summed E-state index contributed by atoms with van der Waals surface area (Å²) in [6.07, 6.45) is 1.58. The molecule has 0 amide bonds. The average molecular weight is 269 g/mol. The number of anilines is 1. The lowest BCUT2D eigenvalue weighted by Crippen LogP contribution is -2.26. The van der Waals surface area contributed by atoms with Crippen molar-refractivity contribution in [1.29, 1.82) is 0 Å². The number of nitrogens with zero attached hydrogens (tertiary/aromatic N) is 2. The van der Waals surface area contributed by atoms with E-state index in [2.05, 4.69) is 9.97 Å². The van der Waals surface area contributed by atoms with E-state index in [1.54, 1.807) is 24.0 Å². The molecule has 2 N–H and O–H groups in total. The molecule has 1 unspecified atom stereocenters. The van der Waals surface area contributed by atoms with Gasteiger partial charge in [0.2, 0.25) is 0 Å². The second-order valence-electron chi connectivity index (χ2n) is 4.78. The predicted octanol–water partition coefficient (Wildman–Crippen LogP) is 1.03. The van der Waals surface area contributed by atoms with Gasteiger partial charge in [0.1, 0.15) is 12.4 Å². The van der Waals surface area contributed by atoms with Crippen LogP contribution in [0.15, 0.2) is 12.3 Å². The molecule has 2 saturated heterocycles. The largest absolute Gasteiger partial charge is 0.462 e. The second-order valence-corrected chi connectivity index (χ2v) is 6.28. The molecule has 6 nitrogen and oxygen atoms in total. The van der Waals surface area contributed by atoms with E-state index in [1.165, 1.54) is 0 Å². The first-order valence-corrected chi connectivity index (χ1v) is 6.60. The normalized spacial score (nSPS) is 32.7. The van der Waals surface area contributed by atoms with Crippen molar-refractivity contribution >= 4 is 17.6 Å². The molecule has 0 aliphatic carbocycles. The Labute approximate surface area is 109 Å². The lowest BCUT2D eigenvalue weighted by Gasteiger charge is -2.16. The Hall–Kier alpha value is -1.05. The fourth-order valence-corrected chi connectivity index (χ4v) is 3.02. The molecule has 3 rings (SSSR count). The van der Waals surface area contributed by atoms with Crippen LogP contribution in [-0.2, 0) is 9.47 Å². The van der Waals surface area contributed by atoms with Crippen LogP contribution in [0.4, 0.5) is 5.82 Å². The molecule has 98 valence electrons. The van der Waals surface area contributed by atoms with Gasteiger partial charge < -0.3 is 19.9 Å². The topological polar surface area (TPSA) is 79.5 Å². The predicted molar refractivity (Wildman–Crippen MR) is 67.2 cm³/mol.